The van der Waals surface area contributed by atoms with Crippen LogP contribution in [0.5, 0.6) is 0 Å². The van der Waals surface area contributed by atoms with E-state index in [1.54, 1.807) is 0 Å². The third-order valence-corrected chi connectivity index (χ3v) is 15.2. The Morgan fingerprint density at radius 1 is 0.561 bits per heavy atom. The predicted octanol–water partition coefficient (Wildman–Crippen LogP) is 11.6. The molecule has 0 atom stereocenters. The summed E-state index contributed by atoms with van der Waals surface area (Å²) in [7, 11) is 0. The Labute approximate surface area is 333 Å². The minimum Gasteiger partial charge on any atom is -0.310 e. The zero-order chi connectivity index (χ0) is 36.7. The Kier molecular flexibility index (Phi) is 5.20. The number of benzene rings is 7. The molecule has 0 spiro atoms. The maximum atomic E-state index is 4.52. The van der Waals surface area contributed by atoms with Gasteiger partial charge in [0, 0.05) is 76.3 Å². The number of rotatable bonds is 1. The van der Waals surface area contributed by atoms with Crippen LogP contribution in [0, 0.1) is 12.1 Å². The average molecular weight is 754 g/mol. The van der Waals surface area contributed by atoms with Gasteiger partial charge in [-0.25, -0.2) is 0 Å². The van der Waals surface area contributed by atoms with Crippen molar-refractivity contribution in [2.75, 3.05) is 0 Å². The van der Waals surface area contributed by atoms with E-state index in [4.69, 9.17) is 0 Å². The molecule has 0 bridgehead atoms. The van der Waals surface area contributed by atoms with E-state index in [1.165, 1.54) is 124 Å². The molecule has 6 heteroatoms. The molecule has 2 aliphatic rings. The van der Waals surface area contributed by atoms with E-state index in [-0.39, 0.29) is 6.71 Å². The number of pyridine rings is 1. The lowest BCUT2D eigenvalue weighted by Crippen LogP contribution is -2.59. The molecule has 0 radical (unpaired) electrons. The Bertz CT molecular complexity index is 3780. The van der Waals surface area contributed by atoms with Gasteiger partial charge in [-0.15, -0.1) is 22.7 Å². The summed E-state index contributed by atoms with van der Waals surface area (Å²) < 4.78 is 7.93. The van der Waals surface area contributed by atoms with E-state index in [9.17, 15) is 0 Å². The fourth-order valence-corrected chi connectivity index (χ4v) is 13.0. The van der Waals surface area contributed by atoms with Crippen molar-refractivity contribution in [1.29, 1.82) is 0 Å². The molecule has 13 aromatic rings. The zero-order valence-electron chi connectivity index (χ0n) is 30.1. The third-order valence-electron chi connectivity index (χ3n) is 13.1. The summed E-state index contributed by atoms with van der Waals surface area (Å²) >= 11 is 3.73. The lowest BCUT2D eigenvalue weighted by molar-refractivity contribution is 1.14. The molecule has 0 saturated heterocycles. The maximum Gasteiger partial charge on any atom is 0.252 e. The first-order valence-electron chi connectivity index (χ1n) is 19.4. The highest BCUT2D eigenvalue weighted by Crippen LogP contribution is 2.46. The van der Waals surface area contributed by atoms with Crippen molar-refractivity contribution in [3.63, 3.8) is 0 Å². The molecule has 15 rings (SSSR count). The Morgan fingerprint density at radius 3 is 2.00 bits per heavy atom. The van der Waals surface area contributed by atoms with E-state index >= 15 is 0 Å². The van der Waals surface area contributed by atoms with Crippen LogP contribution in [0.1, 0.15) is 0 Å². The second-order valence-electron chi connectivity index (χ2n) is 15.7. The molecule has 0 N–H and O–H groups in total. The van der Waals surface area contributed by atoms with Gasteiger partial charge in [0.25, 0.3) is 6.71 Å². The van der Waals surface area contributed by atoms with Crippen LogP contribution in [-0.4, -0.2) is 20.8 Å². The molecule has 0 saturated carbocycles. The average Bonchev–Trinajstić information content (AvgIpc) is 3.84. The molecule has 8 aromatic carbocycles. The maximum absolute atomic E-state index is 4.52. The van der Waals surface area contributed by atoms with E-state index < -0.39 is 0 Å². The fraction of sp³-hybridized carbons (Fsp3) is 0. The number of aromatic nitrogens is 3. The van der Waals surface area contributed by atoms with Crippen molar-refractivity contribution in [3.8, 4) is 22.5 Å². The van der Waals surface area contributed by atoms with Crippen LogP contribution in [0.4, 0.5) is 0 Å². The minimum atomic E-state index is 0.0199. The van der Waals surface area contributed by atoms with Gasteiger partial charge in [-0.2, -0.15) is 0 Å². The van der Waals surface area contributed by atoms with Crippen molar-refractivity contribution in [2.24, 2.45) is 0 Å². The van der Waals surface area contributed by atoms with Gasteiger partial charge in [0.1, 0.15) is 0 Å². The van der Waals surface area contributed by atoms with Crippen molar-refractivity contribution < 1.29 is 0 Å². The normalized spacial score (nSPS) is 13.1. The monoisotopic (exact) mass is 753 g/mol. The molecule has 57 heavy (non-hydrogen) atoms. The van der Waals surface area contributed by atoms with E-state index in [1.807, 2.05) is 35.1 Å². The summed E-state index contributed by atoms with van der Waals surface area (Å²) in [5.41, 5.74) is 13.9. The van der Waals surface area contributed by atoms with Gasteiger partial charge >= 0.3 is 0 Å². The summed E-state index contributed by atoms with van der Waals surface area (Å²) in [6, 6.07) is 52.9. The smallest absolute Gasteiger partial charge is 0.252 e. The molecule has 7 heterocycles. The van der Waals surface area contributed by atoms with Crippen LogP contribution in [0.15, 0.2) is 144 Å². The van der Waals surface area contributed by atoms with Gasteiger partial charge in [0.05, 0.1) is 22.1 Å². The van der Waals surface area contributed by atoms with Crippen LogP contribution < -0.4 is 16.4 Å². The second-order valence-corrected chi connectivity index (χ2v) is 17.5. The van der Waals surface area contributed by atoms with Crippen LogP contribution in [0.3, 0.4) is 0 Å². The van der Waals surface area contributed by atoms with Gasteiger partial charge in [-0.05, 0) is 102 Å². The Morgan fingerprint density at radius 2 is 1.23 bits per heavy atom. The molecule has 0 aliphatic carbocycles. The lowest BCUT2D eigenvalue weighted by atomic mass is 9.34. The van der Waals surface area contributed by atoms with Crippen molar-refractivity contribution in [2.45, 2.75) is 0 Å². The number of nitrogens with zero attached hydrogens (tertiary/aromatic N) is 3. The van der Waals surface area contributed by atoms with Crippen molar-refractivity contribution in [1.82, 2.24) is 14.1 Å². The van der Waals surface area contributed by atoms with Gasteiger partial charge in [-0.3, -0.25) is 4.98 Å². The largest absolute Gasteiger partial charge is 0.310 e. The molecule has 258 valence electrons. The second kappa shape index (κ2) is 10.1. The summed E-state index contributed by atoms with van der Waals surface area (Å²) in [5.74, 6) is 0. The highest BCUT2D eigenvalue weighted by atomic mass is 32.1. The van der Waals surface area contributed by atoms with Gasteiger partial charge < -0.3 is 9.13 Å². The molecule has 3 nitrogen and oxygen atoms in total. The molecule has 0 amide bonds. The van der Waals surface area contributed by atoms with Crippen molar-refractivity contribution in [3.05, 3.63) is 157 Å². The predicted molar refractivity (Wildman–Crippen MR) is 244 cm³/mol. The first kappa shape index (κ1) is 29.4. The molecular weight excluding hydrogens is 730 g/mol. The van der Waals surface area contributed by atoms with Crippen LogP contribution in [0.25, 0.3) is 119 Å². The first-order valence-corrected chi connectivity index (χ1v) is 21.1. The molecule has 0 unspecified atom stereocenters. The van der Waals surface area contributed by atoms with Crippen LogP contribution in [-0.2, 0) is 0 Å². The van der Waals surface area contributed by atoms with Crippen LogP contribution in [0.2, 0.25) is 0 Å². The molecule has 5 aromatic heterocycles. The Hall–Kier alpha value is -6.91. The molecular formula is C51H24BN3S2. The topological polar surface area (TPSA) is 22.8 Å². The number of hydrogen-bond acceptors (Lipinski definition) is 3. The van der Waals surface area contributed by atoms with Gasteiger partial charge in [0.2, 0.25) is 0 Å². The molecule has 2 aliphatic heterocycles. The van der Waals surface area contributed by atoms with Gasteiger partial charge in [0.15, 0.2) is 0 Å². The number of hydrogen-bond donors (Lipinski definition) is 0. The van der Waals surface area contributed by atoms with E-state index in [2.05, 4.69) is 158 Å². The lowest BCUT2D eigenvalue weighted by Gasteiger charge is -2.36. The molecule has 0 fully saturated rings. The minimum absolute atomic E-state index is 0.0199. The zero-order valence-corrected chi connectivity index (χ0v) is 31.7. The fourth-order valence-electron chi connectivity index (χ4n) is 10.9. The van der Waals surface area contributed by atoms with Crippen LogP contribution >= 0.6 is 22.7 Å². The standard InChI is InChI=1S/C51H24BN3S2/c1-6-27-8-4-14-39-43(27)35(12-1)50-45-30(25-56-50)16-18-37-48(45)54(39)41-22-32(33-11-3-10-29-24-53-21-20-34(29)33)23-42-47(41)52(37)38-19-17-31-26-57-51-36-13-2-7-28-9-5-15-40(44(28)36)55(42)49(38)46(31)51/h1,3-6,8-26H. The van der Waals surface area contributed by atoms with E-state index in [0.717, 1.165) is 10.8 Å². The summed E-state index contributed by atoms with van der Waals surface area (Å²) in [6.07, 6.45) is 3.91. The van der Waals surface area contributed by atoms with Gasteiger partial charge in [-0.1, -0.05) is 91.0 Å². The highest BCUT2D eigenvalue weighted by molar-refractivity contribution is 7.20. The Balaban J connectivity index is 1.26. The summed E-state index contributed by atoms with van der Waals surface area (Å²) in [6.45, 7) is 0.0199. The number of thiophene rings is 2. The van der Waals surface area contributed by atoms with E-state index in [0.29, 0.717) is 0 Å². The summed E-state index contributed by atoms with van der Waals surface area (Å²) in [5, 5.41) is 19.7. The summed E-state index contributed by atoms with van der Waals surface area (Å²) in [4.78, 5) is 4.52. The van der Waals surface area contributed by atoms with Crippen molar-refractivity contribution >= 4 is 142 Å². The quantitative estimate of drug-likeness (QED) is 0.153. The SMILES string of the molecule is c1cc2c3scc4ccc5c(c43)n(c3cccc(c#1)c23)-c1cc(-c2cccc3cnccc23)cc2c1B5c1ccc3csc4c5cccc6cccc(c65)n-2c1c34. The number of fused-ring (bicyclic) bond motifs is 9. The third kappa shape index (κ3) is 3.43. The first-order chi connectivity index (χ1) is 28.3. The highest BCUT2D eigenvalue weighted by Gasteiger charge is 2.41.